The van der Waals surface area contributed by atoms with Crippen LogP contribution in [0.5, 0.6) is 0 Å². The van der Waals surface area contributed by atoms with E-state index < -0.39 is 0 Å². The van der Waals surface area contributed by atoms with Crippen molar-refractivity contribution >= 4 is 5.91 Å². The molecule has 2 atom stereocenters. The number of amides is 1. The standard InChI is InChI=1S/C14H18FNO2/c1-10(11-4-6-13(15)7-5-11)16-8-2-3-12(9-17)14(16)18/h4-7,10,12,17H,2-3,8-9H2,1H3. The zero-order chi connectivity index (χ0) is 13.1. The second-order valence-corrected chi connectivity index (χ2v) is 4.78. The summed E-state index contributed by atoms with van der Waals surface area (Å²) in [5.41, 5.74) is 0.920. The fraction of sp³-hybridized carbons (Fsp3) is 0.500. The molecule has 0 spiro atoms. The number of hydrogen-bond acceptors (Lipinski definition) is 2. The lowest BCUT2D eigenvalue weighted by Gasteiger charge is -2.36. The van der Waals surface area contributed by atoms with Crippen molar-refractivity contribution in [1.82, 2.24) is 4.90 Å². The summed E-state index contributed by atoms with van der Waals surface area (Å²) in [6.45, 7) is 2.55. The Morgan fingerprint density at radius 3 is 2.72 bits per heavy atom. The monoisotopic (exact) mass is 251 g/mol. The third kappa shape index (κ3) is 2.53. The highest BCUT2D eigenvalue weighted by molar-refractivity contribution is 5.80. The molecule has 1 aromatic rings. The zero-order valence-electron chi connectivity index (χ0n) is 10.5. The van der Waals surface area contributed by atoms with E-state index in [1.54, 1.807) is 17.0 Å². The smallest absolute Gasteiger partial charge is 0.228 e. The minimum absolute atomic E-state index is 0.000532. The first-order valence-electron chi connectivity index (χ1n) is 6.30. The molecule has 0 aliphatic carbocycles. The highest BCUT2D eigenvalue weighted by Crippen LogP contribution is 2.27. The van der Waals surface area contributed by atoms with Crippen LogP contribution >= 0.6 is 0 Å². The SMILES string of the molecule is CC(c1ccc(F)cc1)N1CCCC(CO)C1=O. The Bertz CT molecular complexity index is 418. The van der Waals surface area contributed by atoms with E-state index in [9.17, 15) is 14.3 Å². The number of aliphatic hydroxyl groups excluding tert-OH is 1. The molecule has 1 aliphatic rings. The predicted molar refractivity (Wildman–Crippen MR) is 66.3 cm³/mol. The Balaban J connectivity index is 2.15. The Hall–Kier alpha value is -1.42. The topological polar surface area (TPSA) is 40.5 Å². The fourth-order valence-corrected chi connectivity index (χ4v) is 2.45. The van der Waals surface area contributed by atoms with E-state index in [1.807, 2.05) is 6.92 Å². The molecular weight excluding hydrogens is 233 g/mol. The molecule has 0 saturated carbocycles. The molecule has 4 heteroatoms. The van der Waals surface area contributed by atoms with Crippen molar-refractivity contribution in [2.24, 2.45) is 5.92 Å². The molecule has 2 rings (SSSR count). The minimum atomic E-state index is -0.276. The van der Waals surface area contributed by atoms with Gasteiger partial charge in [-0.2, -0.15) is 0 Å². The molecule has 1 N–H and O–H groups in total. The number of piperidine rings is 1. The van der Waals surface area contributed by atoms with Crippen molar-refractivity contribution < 1.29 is 14.3 Å². The molecule has 1 saturated heterocycles. The number of carbonyl (C=O) groups is 1. The van der Waals surface area contributed by atoms with E-state index in [4.69, 9.17) is 0 Å². The molecule has 0 bridgehead atoms. The normalized spacial score (nSPS) is 22.1. The van der Waals surface area contributed by atoms with Gasteiger partial charge in [-0.3, -0.25) is 4.79 Å². The molecule has 1 heterocycles. The van der Waals surface area contributed by atoms with Gasteiger partial charge in [0.25, 0.3) is 0 Å². The Morgan fingerprint density at radius 1 is 1.44 bits per heavy atom. The van der Waals surface area contributed by atoms with Gasteiger partial charge in [0.1, 0.15) is 5.82 Å². The highest BCUT2D eigenvalue weighted by Gasteiger charge is 2.31. The lowest BCUT2D eigenvalue weighted by Crippen LogP contribution is -2.43. The molecule has 1 amide bonds. The second-order valence-electron chi connectivity index (χ2n) is 4.78. The third-order valence-corrected chi connectivity index (χ3v) is 3.62. The van der Waals surface area contributed by atoms with Crippen LogP contribution in [0.3, 0.4) is 0 Å². The van der Waals surface area contributed by atoms with E-state index >= 15 is 0 Å². The van der Waals surface area contributed by atoms with Crippen LogP contribution in [-0.2, 0) is 4.79 Å². The number of halogens is 1. The van der Waals surface area contributed by atoms with Gasteiger partial charge in [0.05, 0.1) is 18.6 Å². The molecule has 2 unspecified atom stereocenters. The average molecular weight is 251 g/mol. The average Bonchev–Trinajstić information content (AvgIpc) is 2.39. The van der Waals surface area contributed by atoms with Gasteiger partial charge in [-0.25, -0.2) is 4.39 Å². The van der Waals surface area contributed by atoms with E-state index in [1.165, 1.54) is 12.1 Å². The van der Waals surface area contributed by atoms with Gasteiger partial charge < -0.3 is 10.0 Å². The molecule has 3 nitrogen and oxygen atoms in total. The lowest BCUT2D eigenvalue weighted by molar-refractivity contribution is -0.142. The molecule has 0 aromatic heterocycles. The summed E-state index contributed by atoms with van der Waals surface area (Å²) in [6.07, 6.45) is 1.66. The van der Waals surface area contributed by atoms with Crippen molar-refractivity contribution in [3.05, 3.63) is 35.6 Å². The number of aliphatic hydroxyl groups is 1. The van der Waals surface area contributed by atoms with E-state index in [-0.39, 0.29) is 30.3 Å². The number of rotatable bonds is 3. The van der Waals surface area contributed by atoms with Crippen LogP contribution in [0, 0.1) is 11.7 Å². The van der Waals surface area contributed by atoms with Gasteiger partial charge in [0.15, 0.2) is 0 Å². The highest BCUT2D eigenvalue weighted by atomic mass is 19.1. The van der Waals surface area contributed by atoms with Crippen LogP contribution in [0.1, 0.15) is 31.4 Å². The van der Waals surface area contributed by atoms with Crippen LogP contribution in [-0.4, -0.2) is 29.1 Å². The molecule has 1 aromatic carbocycles. The van der Waals surface area contributed by atoms with Crippen molar-refractivity contribution in [3.8, 4) is 0 Å². The molecule has 98 valence electrons. The van der Waals surface area contributed by atoms with Gasteiger partial charge >= 0.3 is 0 Å². The number of benzene rings is 1. The lowest BCUT2D eigenvalue weighted by atomic mass is 9.95. The maximum absolute atomic E-state index is 12.9. The van der Waals surface area contributed by atoms with E-state index in [0.29, 0.717) is 6.54 Å². The summed E-state index contributed by atoms with van der Waals surface area (Å²) in [6, 6.07) is 6.15. The van der Waals surface area contributed by atoms with Crippen molar-refractivity contribution in [2.75, 3.05) is 13.2 Å². The summed E-state index contributed by atoms with van der Waals surface area (Å²) in [5, 5.41) is 9.17. The number of nitrogens with zero attached hydrogens (tertiary/aromatic N) is 1. The van der Waals surface area contributed by atoms with Crippen molar-refractivity contribution in [1.29, 1.82) is 0 Å². The van der Waals surface area contributed by atoms with Gasteiger partial charge in [-0.15, -0.1) is 0 Å². The minimum Gasteiger partial charge on any atom is -0.396 e. The van der Waals surface area contributed by atoms with Crippen LogP contribution < -0.4 is 0 Å². The largest absolute Gasteiger partial charge is 0.396 e. The van der Waals surface area contributed by atoms with Gasteiger partial charge in [-0.1, -0.05) is 12.1 Å². The Labute approximate surface area is 106 Å². The van der Waals surface area contributed by atoms with Gasteiger partial charge in [0.2, 0.25) is 5.91 Å². The maximum atomic E-state index is 12.9. The quantitative estimate of drug-likeness (QED) is 0.894. The molecule has 1 fully saturated rings. The summed E-state index contributed by atoms with van der Waals surface area (Å²) in [7, 11) is 0. The molecule has 18 heavy (non-hydrogen) atoms. The summed E-state index contributed by atoms with van der Waals surface area (Å²) >= 11 is 0. The Morgan fingerprint density at radius 2 is 2.11 bits per heavy atom. The summed E-state index contributed by atoms with van der Waals surface area (Å²) in [4.78, 5) is 13.9. The first kappa shape index (κ1) is 13.0. The Kier molecular flexibility index (Phi) is 3.97. The maximum Gasteiger partial charge on any atom is 0.228 e. The van der Waals surface area contributed by atoms with E-state index in [2.05, 4.69) is 0 Å². The van der Waals surface area contributed by atoms with Crippen LogP contribution in [0.4, 0.5) is 4.39 Å². The van der Waals surface area contributed by atoms with Crippen molar-refractivity contribution in [3.63, 3.8) is 0 Å². The van der Waals surface area contributed by atoms with E-state index in [0.717, 1.165) is 18.4 Å². The molecule has 0 radical (unpaired) electrons. The number of hydrogen-bond donors (Lipinski definition) is 1. The zero-order valence-corrected chi connectivity index (χ0v) is 10.5. The molecular formula is C14H18FNO2. The van der Waals surface area contributed by atoms with Gasteiger partial charge in [-0.05, 0) is 37.5 Å². The first-order valence-corrected chi connectivity index (χ1v) is 6.30. The fourth-order valence-electron chi connectivity index (χ4n) is 2.45. The molecule has 1 aliphatic heterocycles. The number of carbonyl (C=O) groups excluding carboxylic acids is 1. The summed E-state index contributed by atoms with van der Waals surface area (Å²) < 4.78 is 12.9. The predicted octanol–water partition coefficient (Wildman–Crippen LogP) is 2.12. The summed E-state index contributed by atoms with van der Waals surface area (Å²) in [5.74, 6) is -0.550. The van der Waals surface area contributed by atoms with Crippen LogP contribution in [0.15, 0.2) is 24.3 Å². The second kappa shape index (κ2) is 5.48. The first-order chi connectivity index (χ1) is 8.63. The van der Waals surface area contributed by atoms with Crippen LogP contribution in [0.2, 0.25) is 0 Å². The van der Waals surface area contributed by atoms with Crippen LogP contribution in [0.25, 0.3) is 0 Å². The van der Waals surface area contributed by atoms with Crippen molar-refractivity contribution in [2.45, 2.75) is 25.8 Å². The number of likely N-dealkylation sites (tertiary alicyclic amines) is 1. The van der Waals surface area contributed by atoms with Gasteiger partial charge in [0, 0.05) is 6.54 Å². The third-order valence-electron chi connectivity index (χ3n) is 3.62.